The van der Waals surface area contributed by atoms with E-state index in [1.807, 2.05) is 11.5 Å². The Kier molecular flexibility index (Phi) is 3.01. The van der Waals surface area contributed by atoms with Gasteiger partial charge in [0.2, 0.25) is 0 Å². The van der Waals surface area contributed by atoms with Crippen LogP contribution in [-0.4, -0.2) is 19.5 Å². The second kappa shape index (κ2) is 4.46. The Morgan fingerprint density at radius 3 is 2.88 bits per heavy atom. The number of rotatable bonds is 3. The summed E-state index contributed by atoms with van der Waals surface area (Å²) in [5.74, 6) is 5.05. The minimum Gasteiger partial charge on any atom is -0.328 e. The van der Waals surface area contributed by atoms with Gasteiger partial charge in [-0.2, -0.15) is 0 Å². The predicted molar refractivity (Wildman–Crippen MR) is 61.4 cm³/mol. The van der Waals surface area contributed by atoms with Crippen LogP contribution in [0.3, 0.4) is 0 Å². The highest BCUT2D eigenvalue weighted by molar-refractivity contribution is 5.53. The Balaban J connectivity index is 2.57. The van der Waals surface area contributed by atoms with E-state index in [4.69, 9.17) is 5.84 Å². The molecule has 0 amide bonds. The number of nitrogens with two attached hydrogens (primary N) is 1. The van der Waals surface area contributed by atoms with Crippen LogP contribution in [-0.2, 0) is 6.54 Å². The molecule has 90 valence electrons. The lowest BCUT2D eigenvalue weighted by Gasteiger charge is -2.08. The molecule has 0 saturated heterocycles. The molecule has 0 atom stereocenters. The zero-order chi connectivity index (χ0) is 12.4. The Hall–Kier alpha value is -2.02. The first-order chi connectivity index (χ1) is 8.17. The third-order valence-corrected chi connectivity index (χ3v) is 2.44. The van der Waals surface area contributed by atoms with Crippen LogP contribution in [0.25, 0.3) is 11.5 Å². The Morgan fingerprint density at radius 2 is 2.24 bits per heavy atom. The minimum absolute atomic E-state index is 0.0173. The molecule has 0 unspecified atom stereocenters. The van der Waals surface area contributed by atoms with Crippen LogP contribution in [0.4, 0.5) is 10.2 Å². The number of halogens is 1. The molecule has 7 heteroatoms. The molecule has 0 aliphatic heterocycles. The first-order valence-electron chi connectivity index (χ1n) is 5.18. The van der Waals surface area contributed by atoms with Crippen molar-refractivity contribution in [3.8, 4) is 11.5 Å². The number of nitrogens with one attached hydrogen (secondary N) is 1. The zero-order valence-corrected chi connectivity index (χ0v) is 9.61. The number of nitrogen functional groups attached to an aromatic ring is 1. The highest BCUT2D eigenvalue weighted by Crippen LogP contribution is 2.20. The largest absolute Gasteiger partial charge is 0.328 e. The Labute approximate surface area is 97.7 Å². The highest BCUT2D eigenvalue weighted by atomic mass is 19.1. The summed E-state index contributed by atoms with van der Waals surface area (Å²) >= 11 is 0. The summed E-state index contributed by atoms with van der Waals surface area (Å²) in [4.78, 5) is 12.1. The highest BCUT2D eigenvalue weighted by Gasteiger charge is 2.14. The number of anilines is 1. The predicted octanol–water partition coefficient (Wildman–Crippen LogP) is 1.09. The van der Waals surface area contributed by atoms with Gasteiger partial charge in [0.25, 0.3) is 0 Å². The molecule has 2 heterocycles. The lowest BCUT2D eigenvalue weighted by molar-refractivity contribution is 0.605. The first kappa shape index (κ1) is 11.5. The maximum absolute atomic E-state index is 13.5. The van der Waals surface area contributed by atoms with E-state index in [-0.39, 0.29) is 11.5 Å². The fourth-order valence-electron chi connectivity index (χ4n) is 1.53. The number of nitrogens with zero attached hydrogens (tertiary/aromatic N) is 4. The topological polar surface area (TPSA) is 81.7 Å². The van der Waals surface area contributed by atoms with Crippen LogP contribution in [0.2, 0.25) is 0 Å². The molecule has 0 bridgehead atoms. The van der Waals surface area contributed by atoms with Crippen molar-refractivity contribution in [2.24, 2.45) is 5.84 Å². The number of aryl methyl sites for hydroxylation is 2. The molecular weight excluding hydrogens is 223 g/mol. The molecule has 0 fully saturated rings. The monoisotopic (exact) mass is 236 g/mol. The summed E-state index contributed by atoms with van der Waals surface area (Å²) in [5, 5.41) is 0. The number of aromatic nitrogens is 4. The van der Waals surface area contributed by atoms with Crippen LogP contribution in [0.15, 0.2) is 12.5 Å². The second-order valence-corrected chi connectivity index (χ2v) is 3.50. The summed E-state index contributed by atoms with van der Waals surface area (Å²) in [7, 11) is 0. The normalized spacial score (nSPS) is 10.6. The van der Waals surface area contributed by atoms with E-state index in [2.05, 4.69) is 20.4 Å². The van der Waals surface area contributed by atoms with Gasteiger partial charge in [0.1, 0.15) is 5.69 Å². The summed E-state index contributed by atoms with van der Waals surface area (Å²) in [6, 6.07) is 0. The van der Waals surface area contributed by atoms with Crippen molar-refractivity contribution >= 4 is 5.82 Å². The van der Waals surface area contributed by atoms with Crippen molar-refractivity contribution in [3.63, 3.8) is 0 Å². The van der Waals surface area contributed by atoms with Gasteiger partial charge in [0, 0.05) is 6.54 Å². The standard InChI is InChI=1S/C10H13FN6/c1-3-17-5-13-4-7(17)9-14-6(2)8(11)10(15-9)16-12/h4-5H,3,12H2,1-2H3,(H,14,15,16). The lowest BCUT2D eigenvalue weighted by Crippen LogP contribution is -2.13. The van der Waals surface area contributed by atoms with Gasteiger partial charge in [-0.3, -0.25) is 0 Å². The summed E-state index contributed by atoms with van der Waals surface area (Å²) in [5.41, 5.74) is 3.19. The van der Waals surface area contributed by atoms with Crippen LogP contribution in [0.5, 0.6) is 0 Å². The first-order valence-corrected chi connectivity index (χ1v) is 5.18. The van der Waals surface area contributed by atoms with Crippen molar-refractivity contribution in [1.82, 2.24) is 19.5 Å². The molecule has 6 nitrogen and oxygen atoms in total. The molecule has 0 aliphatic carbocycles. The van der Waals surface area contributed by atoms with Crippen molar-refractivity contribution in [2.45, 2.75) is 20.4 Å². The van der Waals surface area contributed by atoms with Crippen molar-refractivity contribution in [1.29, 1.82) is 0 Å². The molecule has 0 spiro atoms. The van der Waals surface area contributed by atoms with Gasteiger partial charge in [-0.1, -0.05) is 0 Å². The van der Waals surface area contributed by atoms with Gasteiger partial charge in [-0.15, -0.1) is 0 Å². The number of hydrogen-bond donors (Lipinski definition) is 2. The van der Waals surface area contributed by atoms with Crippen molar-refractivity contribution in [3.05, 3.63) is 24.0 Å². The van der Waals surface area contributed by atoms with E-state index >= 15 is 0 Å². The molecule has 2 rings (SSSR count). The number of imidazole rings is 1. The van der Waals surface area contributed by atoms with Gasteiger partial charge >= 0.3 is 0 Å². The van der Waals surface area contributed by atoms with Gasteiger partial charge in [-0.25, -0.2) is 25.2 Å². The van der Waals surface area contributed by atoms with E-state index in [1.54, 1.807) is 19.4 Å². The SMILES string of the molecule is CCn1cncc1-c1nc(C)c(F)c(NN)n1. The summed E-state index contributed by atoms with van der Waals surface area (Å²) in [6.45, 7) is 4.28. The Morgan fingerprint density at radius 1 is 1.47 bits per heavy atom. The van der Waals surface area contributed by atoms with Gasteiger partial charge < -0.3 is 9.99 Å². The molecule has 0 saturated carbocycles. The molecule has 17 heavy (non-hydrogen) atoms. The third kappa shape index (κ3) is 1.96. The maximum atomic E-state index is 13.5. The van der Waals surface area contributed by atoms with Crippen LogP contribution < -0.4 is 11.3 Å². The van der Waals surface area contributed by atoms with E-state index < -0.39 is 5.82 Å². The molecule has 0 radical (unpaired) electrons. The average molecular weight is 236 g/mol. The summed E-state index contributed by atoms with van der Waals surface area (Å²) in [6.07, 6.45) is 3.31. The van der Waals surface area contributed by atoms with E-state index in [0.29, 0.717) is 5.82 Å². The smallest absolute Gasteiger partial charge is 0.187 e. The van der Waals surface area contributed by atoms with Gasteiger partial charge in [0.05, 0.1) is 18.2 Å². The molecule has 2 aromatic rings. The third-order valence-electron chi connectivity index (χ3n) is 2.44. The fraction of sp³-hybridized carbons (Fsp3) is 0.300. The van der Waals surface area contributed by atoms with E-state index in [9.17, 15) is 4.39 Å². The van der Waals surface area contributed by atoms with Gasteiger partial charge in [0.15, 0.2) is 17.5 Å². The quantitative estimate of drug-likeness (QED) is 0.616. The molecule has 3 N–H and O–H groups in total. The van der Waals surface area contributed by atoms with Crippen LogP contribution in [0, 0.1) is 12.7 Å². The Bertz CT molecular complexity index is 536. The van der Waals surface area contributed by atoms with Crippen molar-refractivity contribution < 1.29 is 4.39 Å². The summed E-state index contributed by atoms with van der Waals surface area (Å²) < 4.78 is 15.4. The average Bonchev–Trinajstić information content (AvgIpc) is 2.80. The van der Waals surface area contributed by atoms with Gasteiger partial charge in [-0.05, 0) is 13.8 Å². The van der Waals surface area contributed by atoms with Crippen molar-refractivity contribution in [2.75, 3.05) is 5.43 Å². The van der Waals surface area contributed by atoms with Crippen LogP contribution >= 0.6 is 0 Å². The number of hydrogen-bond acceptors (Lipinski definition) is 5. The van der Waals surface area contributed by atoms with E-state index in [1.165, 1.54) is 0 Å². The zero-order valence-electron chi connectivity index (χ0n) is 9.61. The van der Waals surface area contributed by atoms with Crippen LogP contribution in [0.1, 0.15) is 12.6 Å². The number of hydrazine groups is 1. The minimum atomic E-state index is -0.543. The maximum Gasteiger partial charge on any atom is 0.187 e. The molecule has 0 aromatic carbocycles. The molecular formula is C10H13FN6. The molecule has 0 aliphatic rings. The lowest BCUT2D eigenvalue weighted by atomic mass is 10.3. The fourth-order valence-corrected chi connectivity index (χ4v) is 1.53. The van der Waals surface area contributed by atoms with E-state index in [0.717, 1.165) is 12.2 Å². The molecule has 2 aromatic heterocycles. The second-order valence-electron chi connectivity index (χ2n) is 3.50.